The van der Waals surface area contributed by atoms with E-state index in [0.717, 1.165) is 5.56 Å². The Bertz CT molecular complexity index is 378. The van der Waals surface area contributed by atoms with Crippen molar-refractivity contribution in [3.63, 3.8) is 0 Å². The molecule has 0 radical (unpaired) electrons. The monoisotopic (exact) mass is 271 g/mol. The molecule has 1 amide bonds. The second-order valence-corrected chi connectivity index (χ2v) is 4.33. The maximum absolute atomic E-state index is 11.9. The van der Waals surface area contributed by atoms with Crippen LogP contribution in [0.3, 0.4) is 0 Å². The number of halogens is 1. The zero-order chi connectivity index (χ0) is 13.4. The van der Waals surface area contributed by atoms with Gasteiger partial charge in [-0.2, -0.15) is 0 Å². The summed E-state index contributed by atoms with van der Waals surface area (Å²) >= 11 is 6.00. The van der Waals surface area contributed by atoms with Crippen molar-refractivity contribution in [1.29, 1.82) is 0 Å². The van der Waals surface area contributed by atoms with Gasteiger partial charge in [0.25, 0.3) is 0 Å². The van der Waals surface area contributed by atoms with Crippen molar-refractivity contribution in [3.05, 3.63) is 34.9 Å². The molecule has 1 aromatic carbocycles. The maximum Gasteiger partial charge on any atom is 0.223 e. The minimum Gasteiger partial charge on any atom is -0.395 e. The number of nitrogens with zero attached hydrogens (tertiary/aromatic N) is 1. The summed E-state index contributed by atoms with van der Waals surface area (Å²) in [4.78, 5) is 13.3. The molecule has 0 aliphatic carbocycles. The summed E-state index contributed by atoms with van der Waals surface area (Å²) < 4.78 is 0. The SMILES string of the molecule is O=C(CCc1ccccc1Cl)N(CCO)CCO. The summed E-state index contributed by atoms with van der Waals surface area (Å²) in [6.07, 6.45) is 0.885. The molecular weight excluding hydrogens is 254 g/mol. The van der Waals surface area contributed by atoms with E-state index in [0.29, 0.717) is 17.9 Å². The van der Waals surface area contributed by atoms with Gasteiger partial charge in [-0.05, 0) is 18.1 Å². The third-order valence-electron chi connectivity index (χ3n) is 2.66. The Morgan fingerprint density at radius 2 is 1.78 bits per heavy atom. The van der Waals surface area contributed by atoms with Gasteiger partial charge in [-0.3, -0.25) is 4.79 Å². The van der Waals surface area contributed by atoms with E-state index in [-0.39, 0.29) is 32.2 Å². The number of aliphatic hydroxyl groups excluding tert-OH is 2. The standard InChI is InChI=1S/C13H18ClNO3/c14-12-4-2-1-3-11(12)5-6-13(18)15(7-9-16)8-10-17/h1-4,16-17H,5-10H2. The molecule has 0 aromatic heterocycles. The molecule has 0 saturated carbocycles. The van der Waals surface area contributed by atoms with Gasteiger partial charge >= 0.3 is 0 Å². The molecule has 1 aromatic rings. The lowest BCUT2D eigenvalue weighted by Gasteiger charge is -2.20. The molecule has 2 N–H and O–H groups in total. The summed E-state index contributed by atoms with van der Waals surface area (Å²) in [5.74, 6) is -0.0852. The number of benzene rings is 1. The summed E-state index contributed by atoms with van der Waals surface area (Å²) in [7, 11) is 0. The Morgan fingerprint density at radius 3 is 2.33 bits per heavy atom. The van der Waals surface area contributed by atoms with Crippen molar-refractivity contribution in [2.75, 3.05) is 26.3 Å². The van der Waals surface area contributed by atoms with Gasteiger partial charge in [-0.25, -0.2) is 0 Å². The highest BCUT2D eigenvalue weighted by Crippen LogP contribution is 2.16. The van der Waals surface area contributed by atoms with E-state index in [1.807, 2.05) is 18.2 Å². The van der Waals surface area contributed by atoms with Crippen LogP contribution in [-0.4, -0.2) is 47.3 Å². The van der Waals surface area contributed by atoms with E-state index in [2.05, 4.69) is 0 Å². The van der Waals surface area contributed by atoms with Crippen molar-refractivity contribution in [3.8, 4) is 0 Å². The molecule has 0 saturated heterocycles. The highest BCUT2D eigenvalue weighted by atomic mass is 35.5. The Morgan fingerprint density at radius 1 is 1.17 bits per heavy atom. The molecule has 0 aliphatic heterocycles. The second-order valence-electron chi connectivity index (χ2n) is 3.92. The molecule has 0 heterocycles. The molecule has 0 atom stereocenters. The zero-order valence-electron chi connectivity index (χ0n) is 10.2. The average Bonchev–Trinajstić information content (AvgIpc) is 2.37. The van der Waals surface area contributed by atoms with Crippen LogP contribution in [0.2, 0.25) is 5.02 Å². The molecule has 18 heavy (non-hydrogen) atoms. The first-order valence-electron chi connectivity index (χ1n) is 5.92. The smallest absolute Gasteiger partial charge is 0.223 e. The number of hydrogen-bond acceptors (Lipinski definition) is 3. The molecule has 0 aliphatic rings. The number of carbonyl (C=O) groups is 1. The van der Waals surface area contributed by atoms with Gasteiger partial charge in [0.1, 0.15) is 0 Å². The van der Waals surface area contributed by atoms with E-state index < -0.39 is 0 Å². The second kappa shape index (κ2) is 8.08. The molecule has 1 rings (SSSR count). The molecular formula is C13H18ClNO3. The molecule has 0 spiro atoms. The first-order chi connectivity index (χ1) is 8.69. The van der Waals surface area contributed by atoms with Gasteiger partial charge < -0.3 is 15.1 Å². The minimum atomic E-state index is -0.0994. The van der Waals surface area contributed by atoms with Gasteiger partial charge in [0, 0.05) is 24.5 Å². The fourth-order valence-corrected chi connectivity index (χ4v) is 1.93. The van der Waals surface area contributed by atoms with Crippen LogP contribution in [-0.2, 0) is 11.2 Å². The molecule has 4 nitrogen and oxygen atoms in total. The number of aryl methyl sites for hydroxylation is 1. The van der Waals surface area contributed by atoms with Gasteiger partial charge in [0.15, 0.2) is 0 Å². The predicted molar refractivity (Wildman–Crippen MR) is 70.5 cm³/mol. The fraction of sp³-hybridized carbons (Fsp3) is 0.462. The summed E-state index contributed by atoms with van der Waals surface area (Å²) in [6.45, 7) is 0.305. The molecule has 0 unspecified atom stereocenters. The summed E-state index contributed by atoms with van der Waals surface area (Å²) in [5.41, 5.74) is 0.931. The number of amides is 1. The number of aliphatic hydroxyl groups is 2. The fourth-order valence-electron chi connectivity index (χ4n) is 1.70. The van der Waals surface area contributed by atoms with Crippen molar-refractivity contribution < 1.29 is 15.0 Å². The van der Waals surface area contributed by atoms with Crippen molar-refractivity contribution >= 4 is 17.5 Å². The summed E-state index contributed by atoms with van der Waals surface area (Å²) in [6, 6.07) is 7.40. The molecule has 0 bridgehead atoms. The largest absolute Gasteiger partial charge is 0.395 e. The number of hydrogen-bond donors (Lipinski definition) is 2. The van der Waals surface area contributed by atoms with Gasteiger partial charge in [-0.15, -0.1) is 0 Å². The Hall–Kier alpha value is -1.10. The first-order valence-corrected chi connectivity index (χ1v) is 6.29. The number of carbonyl (C=O) groups excluding carboxylic acids is 1. The predicted octanol–water partition coefficient (Wildman–Crippen LogP) is 1.09. The highest BCUT2D eigenvalue weighted by Gasteiger charge is 2.12. The third kappa shape index (κ3) is 4.64. The molecule has 5 heteroatoms. The zero-order valence-corrected chi connectivity index (χ0v) is 10.9. The quantitative estimate of drug-likeness (QED) is 0.780. The molecule has 100 valence electrons. The van der Waals surface area contributed by atoms with Crippen LogP contribution in [0.25, 0.3) is 0 Å². The van der Waals surface area contributed by atoms with E-state index in [1.54, 1.807) is 6.07 Å². The van der Waals surface area contributed by atoms with Crippen LogP contribution in [0.1, 0.15) is 12.0 Å². The van der Waals surface area contributed by atoms with Crippen LogP contribution < -0.4 is 0 Å². The first kappa shape index (κ1) is 15.0. The minimum absolute atomic E-state index is 0.0852. The number of rotatable bonds is 7. The van der Waals surface area contributed by atoms with E-state index in [4.69, 9.17) is 21.8 Å². The Balaban J connectivity index is 2.51. The summed E-state index contributed by atoms with van der Waals surface area (Å²) in [5, 5.41) is 18.3. The van der Waals surface area contributed by atoms with E-state index >= 15 is 0 Å². The van der Waals surface area contributed by atoms with Crippen LogP contribution in [0.15, 0.2) is 24.3 Å². The van der Waals surface area contributed by atoms with Crippen molar-refractivity contribution in [2.24, 2.45) is 0 Å². The van der Waals surface area contributed by atoms with Crippen molar-refractivity contribution in [2.45, 2.75) is 12.8 Å². The van der Waals surface area contributed by atoms with Gasteiger partial charge in [0.05, 0.1) is 13.2 Å². The maximum atomic E-state index is 11.9. The van der Waals surface area contributed by atoms with Crippen LogP contribution in [0, 0.1) is 0 Å². The third-order valence-corrected chi connectivity index (χ3v) is 3.03. The van der Waals surface area contributed by atoms with Crippen LogP contribution >= 0.6 is 11.6 Å². The van der Waals surface area contributed by atoms with Gasteiger partial charge in [0.2, 0.25) is 5.91 Å². The van der Waals surface area contributed by atoms with Crippen LogP contribution in [0.4, 0.5) is 0 Å². The van der Waals surface area contributed by atoms with E-state index in [9.17, 15) is 4.79 Å². The van der Waals surface area contributed by atoms with Gasteiger partial charge in [-0.1, -0.05) is 29.8 Å². The Kier molecular flexibility index (Phi) is 6.72. The lowest BCUT2D eigenvalue weighted by Crippen LogP contribution is -2.35. The topological polar surface area (TPSA) is 60.8 Å². The normalized spacial score (nSPS) is 10.4. The van der Waals surface area contributed by atoms with Crippen LogP contribution in [0.5, 0.6) is 0 Å². The highest BCUT2D eigenvalue weighted by molar-refractivity contribution is 6.31. The lowest BCUT2D eigenvalue weighted by molar-refractivity contribution is -0.132. The van der Waals surface area contributed by atoms with E-state index in [1.165, 1.54) is 4.90 Å². The Labute approximate surface area is 112 Å². The van der Waals surface area contributed by atoms with Crippen molar-refractivity contribution in [1.82, 2.24) is 4.90 Å². The molecule has 0 fully saturated rings. The average molecular weight is 272 g/mol. The lowest BCUT2D eigenvalue weighted by atomic mass is 10.1.